The number of hydrogen-bond acceptors (Lipinski definition) is 5. The van der Waals surface area contributed by atoms with Crippen molar-refractivity contribution in [1.82, 2.24) is 31.1 Å². The van der Waals surface area contributed by atoms with Crippen LogP contribution in [0.15, 0.2) is 54.9 Å². The van der Waals surface area contributed by atoms with Crippen LogP contribution in [0.4, 0.5) is 0 Å². The van der Waals surface area contributed by atoms with Crippen LogP contribution in [0.3, 0.4) is 0 Å². The number of nitrogens with zero attached hydrogens (tertiary/aromatic N) is 4. The molecule has 1 aromatic heterocycles. The van der Waals surface area contributed by atoms with E-state index in [2.05, 4.69) is 26.4 Å². The summed E-state index contributed by atoms with van der Waals surface area (Å²) in [6, 6.07) is 13.3. The molecule has 2 amide bonds. The molecule has 3 rings (SSSR count). The Bertz CT molecular complexity index is 914. The molecule has 0 radical (unpaired) electrons. The minimum absolute atomic E-state index is 0.0724. The number of hydrazine groups is 1. The Kier molecular flexibility index (Phi) is 6.00. The van der Waals surface area contributed by atoms with Gasteiger partial charge >= 0.3 is 0 Å². The highest BCUT2D eigenvalue weighted by atomic mass is 35.5. The monoisotopic (exact) mass is 404 g/mol. The lowest BCUT2D eigenvalue weighted by atomic mass is 10.1. The Morgan fingerprint density at radius 1 is 1.00 bits per heavy atom. The number of carbonyl (C=O) groups excluding carboxylic acids is 2. The Hall–Kier alpha value is -2.97. The summed E-state index contributed by atoms with van der Waals surface area (Å²) in [7, 11) is 0. The summed E-state index contributed by atoms with van der Waals surface area (Å²) in [5.74, 6) is -1.13. The molecule has 0 aliphatic heterocycles. The van der Waals surface area contributed by atoms with Gasteiger partial charge in [-0.2, -0.15) is 0 Å². The van der Waals surface area contributed by atoms with Crippen molar-refractivity contribution in [1.29, 1.82) is 0 Å². The van der Waals surface area contributed by atoms with Crippen molar-refractivity contribution >= 4 is 35.0 Å². The summed E-state index contributed by atoms with van der Waals surface area (Å²) < 4.78 is 1.32. The molecule has 8 nitrogen and oxygen atoms in total. The molecule has 0 aliphatic rings. The van der Waals surface area contributed by atoms with Crippen molar-refractivity contribution in [2.75, 3.05) is 0 Å². The quantitative estimate of drug-likeness (QED) is 0.634. The zero-order valence-electron chi connectivity index (χ0n) is 13.8. The van der Waals surface area contributed by atoms with Crippen LogP contribution >= 0.6 is 23.2 Å². The van der Waals surface area contributed by atoms with Gasteiger partial charge in [0.25, 0.3) is 11.8 Å². The fourth-order valence-corrected chi connectivity index (χ4v) is 3.00. The van der Waals surface area contributed by atoms with Gasteiger partial charge in [-0.15, -0.1) is 5.10 Å². The number of rotatable bonds is 5. The SMILES string of the molecule is O=C(NNC(=O)C(Cc1ccccc1)n1cnnn1)c1c(Cl)cccc1Cl. The van der Waals surface area contributed by atoms with E-state index < -0.39 is 17.9 Å². The second-order valence-corrected chi connectivity index (χ2v) is 6.35. The number of benzene rings is 2. The predicted octanol–water partition coefficient (Wildman–Crippen LogP) is 2.22. The molecule has 0 aliphatic carbocycles. The Morgan fingerprint density at radius 3 is 2.33 bits per heavy atom. The maximum Gasteiger partial charge on any atom is 0.272 e. The lowest BCUT2D eigenvalue weighted by Gasteiger charge is -2.17. The fraction of sp³-hybridized carbons (Fsp3) is 0.118. The predicted molar refractivity (Wildman–Crippen MR) is 99.1 cm³/mol. The number of tetrazole rings is 1. The van der Waals surface area contributed by atoms with E-state index in [9.17, 15) is 9.59 Å². The number of hydrogen-bond donors (Lipinski definition) is 2. The molecule has 1 atom stereocenters. The molecular weight excluding hydrogens is 391 g/mol. The standard InChI is InChI=1S/C17H14Cl2N6O2/c18-12-7-4-8-13(19)15(12)17(27)22-21-16(26)14(25-10-20-23-24-25)9-11-5-2-1-3-6-11/h1-8,10,14H,9H2,(H,21,26)(H,22,27). The number of aromatic nitrogens is 4. The third-order valence-electron chi connectivity index (χ3n) is 3.75. The van der Waals surface area contributed by atoms with E-state index in [0.717, 1.165) is 5.56 Å². The van der Waals surface area contributed by atoms with Crippen LogP contribution in [0.2, 0.25) is 10.0 Å². The van der Waals surface area contributed by atoms with E-state index in [4.69, 9.17) is 23.2 Å². The largest absolute Gasteiger partial charge is 0.272 e. The summed E-state index contributed by atoms with van der Waals surface area (Å²) in [6.45, 7) is 0. The van der Waals surface area contributed by atoms with Gasteiger partial charge in [0.2, 0.25) is 0 Å². The molecule has 2 aromatic carbocycles. The van der Waals surface area contributed by atoms with Crippen molar-refractivity contribution < 1.29 is 9.59 Å². The van der Waals surface area contributed by atoms with Crippen molar-refractivity contribution in [2.45, 2.75) is 12.5 Å². The van der Waals surface area contributed by atoms with Crippen molar-refractivity contribution in [3.05, 3.63) is 76.0 Å². The molecule has 27 heavy (non-hydrogen) atoms. The van der Waals surface area contributed by atoms with E-state index in [-0.39, 0.29) is 15.6 Å². The first kappa shape index (κ1) is 18.8. The maximum absolute atomic E-state index is 12.6. The van der Waals surface area contributed by atoms with Gasteiger partial charge in [-0.1, -0.05) is 59.6 Å². The molecule has 0 saturated heterocycles. The van der Waals surface area contributed by atoms with Crippen LogP contribution in [0.1, 0.15) is 22.0 Å². The number of nitrogens with one attached hydrogen (secondary N) is 2. The highest BCUT2D eigenvalue weighted by Gasteiger charge is 2.23. The first-order valence-electron chi connectivity index (χ1n) is 7.87. The fourth-order valence-electron chi connectivity index (χ4n) is 2.43. The Balaban J connectivity index is 1.72. The Morgan fingerprint density at radius 2 is 1.70 bits per heavy atom. The summed E-state index contributed by atoms with van der Waals surface area (Å²) in [5, 5.41) is 11.3. The lowest BCUT2D eigenvalue weighted by molar-refractivity contribution is -0.125. The summed E-state index contributed by atoms with van der Waals surface area (Å²) in [5.41, 5.74) is 5.67. The van der Waals surface area contributed by atoms with Crippen LogP contribution in [-0.2, 0) is 11.2 Å². The second-order valence-electron chi connectivity index (χ2n) is 5.54. The van der Waals surface area contributed by atoms with Gasteiger partial charge in [0.05, 0.1) is 15.6 Å². The maximum atomic E-state index is 12.6. The topological polar surface area (TPSA) is 102 Å². The van der Waals surface area contributed by atoms with Crippen molar-refractivity contribution in [3.63, 3.8) is 0 Å². The van der Waals surface area contributed by atoms with Crippen LogP contribution in [0.5, 0.6) is 0 Å². The lowest BCUT2D eigenvalue weighted by Crippen LogP contribution is -2.45. The number of halogens is 2. The zero-order chi connectivity index (χ0) is 19.2. The smallest absolute Gasteiger partial charge is 0.271 e. The number of carbonyl (C=O) groups is 2. The molecule has 0 bridgehead atoms. The molecule has 0 spiro atoms. The molecule has 2 N–H and O–H groups in total. The molecule has 0 fully saturated rings. The van der Waals surface area contributed by atoms with Crippen LogP contribution in [-0.4, -0.2) is 32.0 Å². The van der Waals surface area contributed by atoms with Crippen LogP contribution < -0.4 is 10.9 Å². The second kappa shape index (κ2) is 8.61. The Labute approximate surface area is 164 Å². The highest BCUT2D eigenvalue weighted by Crippen LogP contribution is 2.23. The molecule has 3 aromatic rings. The van der Waals surface area contributed by atoms with E-state index in [0.29, 0.717) is 6.42 Å². The van der Waals surface area contributed by atoms with Crippen molar-refractivity contribution in [2.24, 2.45) is 0 Å². The minimum Gasteiger partial charge on any atom is -0.271 e. The van der Waals surface area contributed by atoms with Crippen LogP contribution in [0, 0.1) is 0 Å². The average molecular weight is 405 g/mol. The van der Waals surface area contributed by atoms with Gasteiger partial charge < -0.3 is 0 Å². The third kappa shape index (κ3) is 4.60. The minimum atomic E-state index is -0.760. The third-order valence-corrected chi connectivity index (χ3v) is 4.38. The van der Waals surface area contributed by atoms with Crippen molar-refractivity contribution in [3.8, 4) is 0 Å². The molecule has 0 saturated carbocycles. The molecular formula is C17H14Cl2N6O2. The average Bonchev–Trinajstić information content (AvgIpc) is 3.19. The first-order valence-corrected chi connectivity index (χ1v) is 8.62. The zero-order valence-corrected chi connectivity index (χ0v) is 15.4. The van der Waals surface area contributed by atoms with Gasteiger partial charge in [-0.05, 0) is 28.1 Å². The van der Waals surface area contributed by atoms with Gasteiger partial charge in [0.15, 0.2) is 0 Å². The van der Waals surface area contributed by atoms with Crippen LogP contribution in [0.25, 0.3) is 0 Å². The van der Waals surface area contributed by atoms with Gasteiger partial charge in [-0.3, -0.25) is 20.4 Å². The van der Waals surface area contributed by atoms with E-state index in [1.165, 1.54) is 23.1 Å². The molecule has 1 unspecified atom stereocenters. The molecule has 10 heteroatoms. The molecule has 1 heterocycles. The summed E-state index contributed by atoms with van der Waals surface area (Å²) in [6.07, 6.45) is 1.67. The van der Waals surface area contributed by atoms with E-state index in [1.807, 2.05) is 30.3 Å². The summed E-state index contributed by atoms with van der Waals surface area (Å²) in [4.78, 5) is 25.0. The normalized spacial score (nSPS) is 11.6. The van der Waals surface area contributed by atoms with Gasteiger partial charge in [0.1, 0.15) is 12.4 Å². The van der Waals surface area contributed by atoms with Gasteiger partial charge in [-0.25, -0.2) is 4.68 Å². The first-order chi connectivity index (χ1) is 13.1. The van der Waals surface area contributed by atoms with E-state index in [1.54, 1.807) is 6.07 Å². The molecule has 138 valence electrons. The number of amides is 2. The summed E-state index contributed by atoms with van der Waals surface area (Å²) >= 11 is 12.0. The van der Waals surface area contributed by atoms with E-state index >= 15 is 0 Å². The highest BCUT2D eigenvalue weighted by molar-refractivity contribution is 6.39. The van der Waals surface area contributed by atoms with Gasteiger partial charge in [0, 0.05) is 6.42 Å².